The number of nitrogens with zero attached hydrogens (tertiary/aromatic N) is 4. The molecular weight excluding hydrogens is 433 g/mol. The molecule has 5 rings (SSSR count). The van der Waals surface area contributed by atoms with Gasteiger partial charge in [0.15, 0.2) is 6.10 Å². The summed E-state index contributed by atoms with van der Waals surface area (Å²) in [4.78, 5) is 22.6. The quantitative estimate of drug-likeness (QED) is 0.437. The molecule has 9 heteroatoms. The second-order valence-corrected chi connectivity index (χ2v) is 7.44. The Balaban J connectivity index is 0.00000126. The van der Waals surface area contributed by atoms with Crippen LogP contribution >= 0.6 is 0 Å². The van der Waals surface area contributed by atoms with Crippen LogP contribution in [0.25, 0.3) is 16.6 Å². The van der Waals surface area contributed by atoms with Gasteiger partial charge in [-0.05, 0) is 18.2 Å². The molecule has 172 valence electrons. The molecule has 3 aromatic heterocycles. The average Bonchev–Trinajstić information content (AvgIpc) is 3.29. The zero-order valence-corrected chi connectivity index (χ0v) is 18.2. The van der Waals surface area contributed by atoms with Gasteiger partial charge in [0.25, 0.3) is 11.8 Å². The van der Waals surface area contributed by atoms with E-state index < -0.39 is 30.2 Å². The van der Waals surface area contributed by atoms with Crippen molar-refractivity contribution >= 4 is 22.5 Å². The summed E-state index contributed by atoms with van der Waals surface area (Å²) in [5.41, 5.74) is 0.892. The Morgan fingerprint density at radius 1 is 1.18 bits per heavy atom. The predicted octanol–water partition coefficient (Wildman–Crippen LogP) is 4.98. The number of rotatable bonds is 3. The smallest absolute Gasteiger partial charge is 0.287 e. The maximum atomic E-state index is 14.6. The van der Waals surface area contributed by atoms with E-state index in [4.69, 9.17) is 4.74 Å². The normalized spacial score (nSPS) is 17.5. The fourth-order valence-corrected chi connectivity index (χ4v) is 3.76. The van der Waals surface area contributed by atoms with Gasteiger partial charge in [-0.25, -0.2) is 23.1 Å². The van der Waals surface area contributed by atoms with Crippen LogP contribution in [0.2, 0.25) is 0 Å². The molecule has 0 aliphatic carbocycles. The number of alkyl halides is 2. The number of ether oxygens (including phenoxy) is 1. The van der Waals surface area contributed by atoms with Crippen molar-refractivity contribution in [1.29, 1.82) is 0 Å². The number of carbonyl (C=O) groups is 1. The van der Waals surface area contributed by atoms with Gasteiger partial charge in [0, 0.05) is 43.0 Å². The Morgan fingerprint density at radius 3 is 2.79 bits per heavy atom. The highest BCUT2D eigenvalue weighted by molar-refractivity contribution is 5.99. The Labute approximate surface area is 188 Å². The molecule has 0 spiro atoms. The van der Waals surface area contributed by atoms with Gasteiger partial charge in [0.05, 0.1) is 17.6 Å². The van der Waals surface area contributed by atoms with E-state index in [1.54, 1.807) is 18.2 Å². The van der Waals surface area contributed by atoms with Crippen molar-refractivity contribution in [1.82, 2.24) is 19.3 Å². The number of hydrogen-bond acceptors (Lipinski definition) is 4. The van der Waals surface area contributed by atoms with E-state index in [0.717, 1.165) is 11.5 Å². The van der Waals surface area contributed by atoms with Crippen LogP contribution in [-0.4, -0.2) is 50.3 Å². The number of para-hydroxylation sites is 1. The molecule has 0 radical (unpaired) electrons. The van der Waals surface area contributed by atoms with E-state index in [1.807, 2.05) is 26.0 Å². The van der Waals surface area contributed by atoms with E-state index in [-0.39, 0.29) is 30.2 Å². The highest BCUT2D eigenvalue weighted by Gasteiger charge is 2.47. The third-order valence-corrected chi connectivity index (χ3v) is 5.38. The van der Waals surface area contributed by atoms with Gasteiger partial charge in [-0.1, -0.05) is 32.0 Å². The molecule has 1 saturated heterocycles. The minimum atomic E-state index is -3.14. The van der Waals surface area contributed by atoms with Crippen molar-refractivity contribution in [2.24, 2.45) is 0 Å². The number of hydrogen-bond donors (Lipinski definition) is 0. The highest BCUT2D eigenvalue weighted by Crippen LogP contribution is 2.32. The number of fused-ring (bicyclic) bond motifs is 2. The summed E-state index contributed by atoms with van der Waals surface area (Å²) in [5.74, 6) is -4.29. The van der Waals surface area contributed by atoms with Crippen LogP contribution in [0.3, 0.4) is 0 Å². The first-order chi connectivity index (χ1) is 15.9. The van der Waals surface area contributed by atoms with Crippen molar-refractivity contribution in [2.75, 3.05) is 13.1 Å². The first-order valence-corrected chi connectivity index (χ1v) is 10.7. The maximum absolute atomic E-state index is 14.6. The van der Waals surface area contributed by atoms with Crippen LogP contribution < -0.4 is 4.74 Å². The van der Waals surface area contributed by atoms with Crippen LogP contribution in [0.15, 0.2) is 61.1 Å². The summed E-state index contributed by atoms with van der Waals surface area (Å²) in [5, 5.41) is 0.858. The van der Waals surface area contributed by atoms with Gasteiger partial charge in [0.2, 0.25) is 5.88 Å². The lowest BCUT2D eigenvalue weighted by molar-refractivity contribution is -0.131. The Bertz CT molecular complexity index is 1290. The zero-order chi connectivity index (χ0) is 23.6. The Morgan fingerprint density at radius 2 is 1.97 bits per heavy atom. The van der Waals surface area contributed by atoms with Gasteiger partial charge in [0.1, 0.15) is 11.5 Å². The molecule has 1 aliphatic rings. The topological polar surface area (TPSA) is 59.7 Å². The summed E-state index contributed by atoms with van der Waals surface area (Å²) in [6.07, 6.45) is 1.99. The third-order valence-electron chi connectivity index (χ3n) is 5.38. The highest BCUT2D eigenvalue weighted by atomic mass is 19.3. The molecule has 0 N–H and O–H groups in total. The minimum Gasteiger partial charge on any atom is -0.466 e. The number of aromatic nitrogens is 3. The van der Waals surface area contributed by atoms with Crippen LogP contribution in [0, 0.1) is 5.82 Å². The molecule has 0 bridgehead atoms. The second-order valence-electron chi connectivity index (χ2n) is 7.44. The Kier molecular flexibility index (Phi) is 6.22. The van der Waals surface area contributed by atoms with E-state index in [0.29, 0.717) is 5.52 Å². The second kappa shape index (κ2) is 9.09. The summed E-state index contributed by atoms with van der Waals surface area (Å²) in [6.45, 7) is 3.46. The fraction of sp³-hybridized carbons (Fsp3) is 0.292. The molecule has 1 aromatic carbocycles. The molecule has 33 heavy (non-hydrogen) atoms. The number of piperidine rings is 1. The van der Waals surface area contributed by atoms with Crippen LogP contribution in [0.5, 0.6) is 5.88 Å². The summed E-state index contributed by atoms with van der Waals surface area (Å²) < 4.78 is 50.1. The number of likely N-dealkylation sites (tertiary alicyclic amines) is 1. The van der Waals surface area contributed by atoms with Crippen molar-refractivity contribution in [3.05, 3.63) is 72.4 Å². The van der Waals surface area contributed by atoms with E-state index in [2.05, 4.69) is 9.97 Å². The average molecular weight is 456 g/mol. The predicted molar refractivity (Wildman–Crippen MR) is 118 cm³/mol. The molecule has 4 heterocycles. The van der Waals surface area contributed by atoms with Crippen molar-refractivity contribution < 1.29 is 22.7 Å². The van der Waals surface area contributed by atoms with E-state index in [9.17, 15) is 18.0 Å². The number of carbonyl (C=O) groups excluding carboxylic acids is 1. The molecule has 6 nitrogen and oxygen atoms in total. The fourth-order valence-electron chi connectivity index (χ4n) is 3.76. The van der Waals surface area contributed by atoms with Crippen molar-refractivity contribution in [2.45, 2.75) is 32.3 Å². The molecular formula is C24H23F3N4O2. The zero-order valence-electron chi connectivity index (χ0n) is 18.2. The van der Waals surface area contributed by atoms with E-state index >= 15 is 0 Å². The van der Waals surface area contributed by atoms with Gasteiger partial charge in [-0.15, -0.1) is 0 Å². The molecule has 1 atom stereocenters. The number of pyridine rings is 2. The van der Waals surface area contributed by atoms with Crippen molar-refractivity contribution in [3.63, 3.8) is 0 Å². The summed E-state index contributed by atoms with van der Waals surface area (Å²) >= 11 is 0. The van der Waals surface area contributed by atoms with Crippen LogP contribution in [-0.2, 0) is 0 Å². The summed E-state index contributed by atoms with van der Waals surface area (Å²) in [6, 6.07) is 11.6. The van der Waals surface area contributed by atoms with Gasteiger partial charge >= 0.3 is 0 Å². The Hall–Kier alpha value is -3.62. The third kappa shape index (κ3) is 4.48. The lowest BCUT2D eigenvalue weighted by Crippen LogP contribution is -2.55. The number of halogens is 3. The number of benzene rings is 1. The first-order valence-electron chi connectivity index (χ1n) is 10.7. The van der Waals surface area contributed by atoms with Gasteiger partial charge in [-0.3, -0.25) is 4.79 Å². The molecule has 1 aliphatic heterocycles. The molecule has 4 aromatic rings. The molecule has 1 amide bonds. The SMILES string of the molecule is CC.O=C(c1cc(F)cn2ccnc12)N1CCC(F)(F)C(Oc2ccc3ccccc3n2)C1. The van der Waals surface area contributed by atoms with Gasteiger partial charge < -0.3 is 14.0 Å². The summed E-state index contributed by atoms with van der Waals surface area (Å²) in [7, 11) is 0. The lowest BCUT2D eigenvalue weighted by atomic mass is 10.0. The monoisotopic (exact) mass is 456 g/mol. The molecule has 0 saturated carbocycles. The standard InChI is InChI=1S/C22H17F3N4O2.C2H6/c23-15-11-16(20-26-8-10-28(20)12-15)21(30)29-9-7-22(24,25)18(13-29)31-19-6-5-14-3-1-2-4-17(14)27-19;1-2/h1-6,8,10-12,18H,7,9,13H2;1-2H3. The van der Waals surface area contributed by atoms with Crippen LogP contribution in [0.1, 0.15) is 30.6 Å². The maximum Gasteiger partial charge on any atom is 0.287 e. The van der Waals surface area contributed by atoms with Crippen LogP contribution in [0.4, 0.5) is 13.2 Å². The van der Waals surface area contributed by atoms with Crippen molar-refractivity contribution in [3.8, 4) is 5.88 Å². The first kappa shape index (κ1) is 22.6. The van der Waals surface area contributed by atoms with Gasteiger partial charge in [-0.2, -0.15) is 0 Å². The number of imidazole rings is 1. The number of amides is 1. The lowest BCUT2D eigenvalue weighted by Gasteiger charge is -2.38. The van der Waals surface area contributed by atoms with E-state index in [1.165, 1.54) is 34.0 Å². The largest absolute Gasteiger partial charge is 0.466 e. The molecule has 1 fully saturated rings. The molecule has 1 unspecified atom stereocenters. The minimum absolute atomic E-state index is 0.0118.